The normalized spacial score (nSPS) is 17.0. The molecule has 1 fully saturated rings. The van der Waals surface area contributed by atoms with Crippen molar-refractivity contribution in [2.24, 2.45) is 0 Å². The Labute approximate surface area is 164 Å². The molecule has 1 N–H and O–H groups in total. The van der Waals surface area contributed by atoms with Gasteiger partial charge in [0.1, 0.15) is 0 Å². The number of nitrogens with zero attached hydrogens (tertiary/aromatic N) is 2. The van der Waals surface area contributed by atoms with Gasteiger partial charge in [0.15, 0.2) is 11.5 Å². The zero-order chi connectivity index (χ0) is 19.7. The van der Waals surface area contributed by atoms with E-state index in [1.165, 1.54) is 0 Å². The van der Waals surface area contributed by atoms with Crippen molar-refractivity contribution in [3.63, 3.8) is 0 Å². The summed E-state index contributed by atoms with van der Waals surface area (Å²) in [6.45, 7) is 5.00. The Morgan fingerprint density at radius 2 is 1.82 bits per heavy atom. The lowest BCUT2D eigenvalue weighted by Gasteiger charge is -2.33. The van der Waals surface area contributed by atoms with Gasteiger partial charge in [-0.3, -0.25) is 9.20 Å². The molecule has 1 aliphatic rings. The fraction of sp³-hybridized carbons (Fsp3) is 0.318. The zero-order valence-electron chi connectivity index (χ0n) is 16.4. The highest BCUT2D eigenvalue weighted by Crippen LogP contribution is 2.32. The van der Waals surface area contributed by atoms with Crippen LogP contribution < -0.4 is 25.2 Å². The molecule has 146 valence electrons. The van der Waals surface area contributed by atoms with E-state index in [9.17, 15) is 4.79 Å². The van der Waals surface area contributed by atoms with Crippen LogP contribution in [0.2, 0.25) is 0 Å². The summed E-state index contributed by atoms with van der Waals surface area (Å²) in [4.78, 5) is 15.1. The van der Waals surface area contributed by atoms with E-state index in [-0.39, 0.29) is 5.56 Å². The van der Waals surface area contributed by atoms with Gasteiger partial charge < -0.3 is 19.7 Å². The van der Waals surface area contributed by atoms with Crippen molar-refractivity contribution in [2.75, 3.05) is 38.8 Å². The second-order valence-corrected chi connectivity index (χ2v) is 7.14. The third-order valence-electron chi connectivity index (χ3n) is 5.23. The van der Waals surface area contributed by atoms with Gasteiger partial charge >= 0.3 is 0 Å². The van der Waals surface area contributed by atoms with Crippen molar-refractivity contribution in [3.8, 4) is 22.6 Å². The third kappa shape index (κ3) is 3.43. The first-order valence-corrected chi connectivity index (χ1v) is 9.46. The quantitative estimate of drug-likeness (QED) is 0.756. The van der Waals surface area contributed by atoms with Gasteiger partial charge in [-0.15, -0.1) is 0 Å². The maximum Gasteiger partial charge on any atom is 0.255 e. The first-order valence-electron chi connectivity index (χ1n) is 9.46. The van der Waals surface area contributed by atoms with E-state index < -0.39 is 0 Å². The lowest BCUT2D eigenvalue weighted by Crippen LogP contribution is -2.49. The van der Waals surface area contributed by atoms with Crippen molar-refractivity contribution in [1.29, 1.82) is 0 Å². The van der Waals surface area contributed by atoms with E-state index in [1.807, 2.05) is 36.5 Å². The minimum Gasteiger partial charge on any atom is -0.493 e. The Hall–Kier alpha value is -2.99. The molecule has 0 spiro atoms. The topological polar surface area (TPSA) is 55.2 Å². The zero-order valence-corrected chi connectivity index (χ0v) is 16.4. The van der Waals surface area contributed by atoms with E-state index in [4.69, 9.17) is 9.47 Å². The van der Waals surface area contributed by atoms with Gasteiger partial charge in [-0.25, -0.2) is 0 Å². The third-order valence-corrected chi connectivity index (χ3v) is 5.23. The van der Waals surface area contributed by atoms with E-state index in [1.54, 1.807) is 24.7 Å². The Morgan fingerprint density at radius 1 is 1.00 bits per heavy atom. The molecule has 0 saturated carbocycles. The first-order chi connectivity index (χ1) is 13.6. The highest BCUT2D eigenvalue weighted by molar-refractivity contribution is 5.72. The van der Waals surface area contributed by atoms with Crippen molar-refractivity contribution in [2.45, 2.75) is 13.0 Å². The van der Waals surface area contributed by atoms with Gasteiger partial charge in [0.25, 0.3) is 5.56 Å². The van der Waals surface area contributed by atoms with Crippen LogP contribution in [0.3, 0.4) is 0 Å². The molecule has 3 aromatic rings. The van der Waals surface area contributed by atoms with Crippen LogP contribution in [0.4, 0.5) is 5.69 Å². The average molecular weight is 379 g/mol. The molecule has 0 unspecified atom stereocenters. The van der Waals surface area contributed by atoms with Crippen LogP contribution in [0.15, 0.2) is 53.5 Å². The molecule has 1 aliphatic heterocycles. The summed E-state index contributed by atoms with van der Waals surface area (Å²) < 4.78 is 12.4. The molecule has 3 heterocycles. The summed E-state index contributed by atoms with van der Waals surface area (Å²) in [5, 5.41) is 3.44. The smallest absolute Gasteiger partial charge is 0.255 e. The molecule has 0 radical (unpaired) electrons. The van der Waals surface area contributed by atoms with Gasteiger partial charge in [0, 0.05) is 43.5 Å². The number of rotatable bonds is 4. The Bertz CT molecular complexity index is 1060. The van der Waals surface area contributed by atoms with Gasteiger partial charge in [-0.2, -0.15) is 0 Å². The Morgan fingerprint density at radius 3 is 2.57 bits per heavy atom. The molecule has 6 heteroatoms. The number of methoxy groups -OCH3 is 2. The minimum absolute atomic E-state index is 0.0488. The molecule has 4 rings (SSSR count). The number of nitrogens with one attached hydrogen (secondary N) is 1. The molecule has 0 amide bonds. The molecule has 1 saturated heterocycles. The van der Waals surface area contributed by atoms with Crippen LogP contribution in [-0.2, 0) is 0 Å². The summed E-state index contributed by atoms with van der Waals surface area (Å²) in [6.07, 6.45) is 1.94. The molecule has 1 aromatic carbocycles. The molecular weight excluding hydrogens is 354 g/mol. The summed E-state index contributed by atoms with van der Waals surface area (Å²) in [7, 11) is 3.21. The lowest BCUT2D eigenvalue weighted by molar-refractivity contribution is 0.355. The van der Waals surface area contributed by atoms with Crippen LogP contribution in [-0.4, -0.2) is 44.3 Å². The van der Waals surface area contributed by atoms with Crippen LogP contribution in [0, 0.1) is 0 Å². The summed E-state index contributed by atoms with van der Waals surface area (Å²) in [5.74, 6) is 1.31. The molecule has 2 aromatic heterocycles. The SMILES string of the molecule is COc1ccc(-c2cc(=O)n3cc(N4CCN[C@@H](C)C4)ccc3c2)cc1OC. The Balaban J connectivity index is 1.73. The standard InChI is InChI=1S/C22H25N3O3/c1-15-13-24(9-8-23-15)19-6-5-18-10-17(12-22(26)25(18)14-19)16-4-7-20(27-2)21(11-16)28-3/h4-7,10-12,14-15,23H,8-9,13H2,1-3H3/t15-/m0/s1. The number of hydrogen-bond donors (Lipinski definition) is 1. The summed E-state index contributed by atoms with van der Waals surface area (Å²) in [6, 6.07) is 13.9. The van der Waals surface area contributed by atoms with E-state index in [2.05, 4.69) is 23.2 Å². The number of benzene rings is 1. The molecule has 28 heavy (non-hydrogen) atoms. The predicted molar refractivity (Wildman–Crippen MR) is 112 cm³/mol. The monoisotopic (exact) mass is 379 g/mol. The van der Waals surface area contributed by atoms with Gasteiger partial charge in [0.2, 0.25) is 0 Å². The van der Waals surface area contributed by atoms with Gasteiger partial charge in [-0.1, -0.05) is 6.07 Å². The molecule has 0 bridgehead atoms. The fourth-order valence-corrected chi connectivity index (χ4v) is 3.75. The molecule has 6 nitrogen and oxygen atoms in total. The predicted octanol–water partition coefficient (Wildman–Crippen LogP) is 2.78. The Kier molecular flexibility index (Phi) is 4.96. The van der Waals surface area contributed by atoms with Gasteiger partial charge in [0.05, 0.1) is 19.9 Å². The molecular formula is C22H25N3O3. The fourth-order valence-electron chi connectivity index (χ4n) is 3.75. The number of aromatic nitrogens is 1. The van der Waals surface area contributed by atoms with Gasteiger partial charge in [-0.05, 0) is 48.4 Å². The number of anilines is 1. The van der Waals surface area contributed by atoms with E-state index >= 15 is 0 Å². The average Bonchev–Trinajstić information content (AvgIpc) is 2.73. The minimum atomic E-state index is -0.0488. The largest absolute Gasteiger partial charge is 0.493 e. The van der Waals surface area contributed by atoms with E-state index in [0.29, 0.717) is 17.5 Å². The summed E-state index contributed by atoms with van der Waals surface area (Å²) in [5.41, 5.74) is 3.66. The van der Waals surface area contributed by atoms with Crippen LogP contribution in [0.25, 0.3) is 16.6 Å². The number of ether oxygens (including phenoxy) is 2. The van der Waals surface area contributed by atoms with Crippen molar-refractivity contribution in [3.05, 3.63) is 59.0 Å². The highest BCUT2D eigenvalue weighted by Gasteiger charge is 2.16. The number of hydrogen-bond acceptors (Lipinski definition) is 5. The highest BCUT2D eigenvalue weighted by atomic mass is 16.5. The maximum atomic E-state index is 12.8. The second-order valence-electron chi connectivity index (χ2n) is 7.14. The van der Waals surface area contributed by atoms with Crippen LogP contribution in [0.1, 0.15) is 6.92 Å². The molecule has 0 aliphatic carbocycles. The molecule has 1 atom stereocenters. The lowest BCUT2D eigenvalue weighted by atomic mass is 10.1. The maximum absolute atomic E-state index is 12.8. The van der Waals surface area contributed by atoms with E-state index in [0.717, 1.165) is 42.0 Å². The van der Waals surface area contributed by atoms with Crippen molar-refractivity contribution in [1.82, 2.24) is 9.72 Å². The second kappa shape index (κ2) is 7.56. The first kappa shape index (κ1) is 18.4. The number of pyridine rings is 2. The van der Waals surface area contributed by atoms with Crippen LogP contribution in [0.5, 0.6) is 11.5 Å². The van der Waals surface area contributed by atoms with Crippen molar-refractivity contribution < 1.29 is 9.47 Å². The number of piperazine rings is 1. The van der Waals surface area contributed by atoms with Crippen molar-refractivity contribution >= 4 is 11.2 Å². The van der Waals surface area contributed by atoms with Crippen LogP contribution >= 0.6 is 0 Å². The number of fused-ring (bicyclic) bond motifs is 1. The summed E-state index contributed by atoms with van der Waals surface area (Å²) >= 11 is 0.